The lowest BCUT2D eigenvalue weighted by atomic mass is 9.95. The molecule has 0 radical (unpaired) electrons. The molecule has 0 spiro atoms. The van der Waals surface area contributed by atoms with E-state index in [4.69, 9.17) is 4.74 Å². The van der Waals surface area contributed by atoms with E-state index < -0.39 is 0 Å². The number of hydrogen-bond acceptors (Lipinski definition) is 2. The van der Waals surface area contributed by atoms with Crippen molar-refractivity contribution in [1.82, 2.24) is 5.32 Å². The number of hydrogen-bond donors (Lipinski definition) is 1. The van der Waals surface area contributed by atoms with Gasteiger partial charge in [-0.25, -0.2) is 0 Å². The maximum absolute atomic E-state index is 5.61. The summed E-state index contributed by atoms with van der Waals surface area (Å²) in [6.45, 7) is 3.12. The Morgan fingerprint density at radius 1 is 1.00 bits per heavy atom. The molecule has 0 saturated heterocycles. The Labute approximate surface area is 93.8 Å². The second-order valence-electron chi connectivity index (χ2n) is 5.16. The minimum absolute atomic E-state index is 0.808. The molecule has 1 N–H and O–H groups in total. The van der Waals surface area contributed by atoms with Crippen molar-refractivity contribution in [2.45, 2.75) is 57.4 Å². The highest BCUT2D eigenvalue weighted by molar-refractivity contribution is 4.72. The van der Waals surface area contributed by atoms with Crippen LogP contribution in [0.25, 0.3) is 0 Å². The van der Waals surface area contributed by atoms with Gasteiger partial charge in [0.2, 0.25) is 0 Å². The summed E-state index contributed by atoms with van der Waals surface area (Å²) in [6.07, 6.45) is 11.1. The van der Waals surface area contributed by atoms with Crippen LogP contribution in [0.4, 0.5) is 0 Å². The van der Waals surface area contributed by atoms with Gasteiger partial charge in [-0.3, -0.25) is 0 Å². The fourth-order valence-corrected chi connectivity index (χ4v) is 2.32. The number of rotatable bonds is 7. The van der Waals surface area contributed by atoms with Crippen LogP contribution in [0.5, 0.6) is 0 Å². The van der Waals surface area contributed by atoms with Crippen molar-refractivity contribution in [2.75, 3.05) is 19.8 Å². The van der Waals surface area contributed by atoms with Crippen molar-refractivity contribution in [3.05, 3.63) is 0 Å². The second-order valence-corrected chi connectivity index (χ2v) is 5.16. The van der Waals surface area contributed by atoms with Crippen LogP contribution in [0.1, 0.15) is 51.4 Å². The van der Waals surface area contributed by atoms with Gasteiger partial charge in [-0.05, 0) is 44.6 Å². The lowest BCUT2D eigenvalue weighted by Gasteiger charge is -2.22. The highest BCUT2D eigenvalue weighted by Gasteiger charge is 2.20. The van der Waals surface area contributed by atoms with Crippen LogP contribution >= 0.6 is 0 Å². The van der Waals surface area contributed by atoms with Crippen molar-refractivity contribution in [3.63, 3.8) is 0 Å². The van der Waals surface area contributed by atoms with E-state index in [1.54, 1.807) is 0 Å². The zero-order chi connectivity index (χ0) is 10.3. The standard InChI is InChI=1S/C13H25NO/c1-2-5-13(6-3-1)14-9-4-10-15-11-12-7-8-12/h12-14H,1-11H2. The summed E-state index contributed by atoms with van der Waals surface area (Å²) >= 11 is 0. The summed E-state index contributed by atoms with van der Waals surface area (Å²) in [5, 5.41) is 3.65. The minimum atomic E-state index is 0.808. The van der Waals surface area contributed by atoms with Gasteiger partial charge in [-0.1, -0.05) is 19.3 Å². The molecular formula is C13H25NO. The molecule has 2 fully saturated rings. The van der Waals surface area contributed by atoms with Crippen LogP contribution in [0, 0.1) is 5.92 Å². The maximum atomic E-state index is 5.61. The monoisotopic (exact) mass is 211 g/mol. The minimum Gasteiger partial charge on any atom is -0.381 e. The molecule has 0 heterocycles. The first-order chi connectivity index (χ1) is 7.45. The molecular weight excluding hydrogens is 186 g/mol. The fourth-order valence-electron chi connectivity index (χ4n) is 2.32. The zero-order valence-electron chi connectivity index (χ0n) is 9.84. The van der Waals surface area contributed by atoms with E-state index >= 15 is 0 Å². The van der Waals surface area contributed by atoms with Crippen molar-refractivity contribution in [3.8, 4) is 0 Å². The molecule has 0 aliphatic heterocycles. The van der Waals surface area contributed by atoms with Gasteiger partial charge in [-0.2, -0.15) is 0 Å². The molecule has 2 saturated carbocycles. The van der Waals surface area contributed by atoms with E-state index in [2.05, 4.69) is 5.32 Å². The Balaban J connectivity index is 1.37. The molecule has 2 heteroatoms. The second kappa shape index (κ2) is 6.49. The van der Waals surface area contributed by atoms with Crippen molar-refractivity contribution in [1.29, 1.82) is 0 Å². The third-order valence-electron chi connectivity index (χ3n) is 3.55. The summed E-state index contributed by atoms with van der Waals surface area (Å²) in [5.74, 6) is 0.913. The Bertz CT molecular complexity index is 162. The van der Waals surface area contributed by atoms with Crippen LogP contribution < -0.4 is 5.32 Å². The lowest BCUT2D eigenvalue weighted by molar-refractivity contribution is 0.121. The lowest BCUT2D eigenvalue weighted by Crippen LogP contribution is -2.32. The summed E-state index contributed by atoms with van der Waals surface area (Å²) in [6, 6.07) is 0.808. The van der Waals surface area contributed by atoms with Crippen LogP contribution in [-0.2, 0) is 4.74 Å². The summed E-state index contributed by atoms with van der Waals surface area (Å²) in [4.78, 5) is 0. The van der Waals surface area contributed by atoms with Crippen LogP contribution in [0.2, 0.25) is 0 Å². The molecule has 0 amide bonds. The van der Waals surface area contributed by atoms with Gasteiger partial charge in [0.1, 0.15) is 0 Å². The Hall–Kier alpha value is -0.0800. The van der Waals surface area contributed by atoms with Crippen molar-refractivity contribution >= 4 is 0 Å². The van der Waals surface area contributed by atoms with Crippen LogP contribution in [0.3, 0.4) is 0 Å². The molecule has 2 aliphatic carbocycles. The van der Waals surface area contributed by atoms with E-state index in [9.17, 15) is 0 Å². The predicted octanol–water partition coefficient (Wildman–Crippen LogP) is 2.73. The SMILES string of the molecule is C1CCC(NCCCOCC2CC2)CC1. The van der Waals surface area contributed by atoms with E-state index in [1.165, 1.54) is 51.4 Å². The molecule has 88 valence electrons. The first-order valence-corrected chi connectivity index (χ1v) is 6.76. The molecule has 0 bridgehead atoms. The molecule has 0 atom stereocenters. The number of nitrogens with one attached hydrogen (secondary N) is 1. The van der Waals surface area contributed by atoms with Gasteiger partial charge in [0, 0.05) is 19.3 Å². The third kappa shape index (κ3) is 4.98. The van der Waals surface area contributed by atoms with Gasteiger partial charge in [-0.15, -0.1) is 0 Å². The molecule has 2 nitrogen and oxygen atoms in total. The van der Waals surface area contributed by atoms with Crippen molar-refractivity contribution in [2.24, 2.45) is 5.92 Å². The summed E-state index contributed by atoms with van der Waals surface area (Å²) in [7, 11) is 0. The fraction of sp³-hybridized carbons (Fsp3) is 1.00. The first-order valence-electron chi connectivity index (χ1n) is 6.76. The smallest absolute Gasteiger partial charge is 0.0494 e. The van der Waals surface area contributed by atoms with E-state index in [-0.39, 0.29) is 0 Å². The highest BCUT2D eigenvalue weighted by atomic mass is 16.5. The predicted molar refractivity (Wildman–Crippen MR) is 63.0 cm³/mol. The Kier molecular flexibility index (Phi) is 4.94. The van der Waals surface area contributed by atoms with E-state index in [1.807, 2.05) is 0 Å². The first kappa shape index (κ1) is 11.4. The molecule has 0 aromatic carbocycles. The molecule has 2 aliphatic rings. The van der Waals surface area contributed by atoms with Gasteiger partial charge in [0.15, 0.2) is 0 Å². The molecule has 0 aromatic heterocycles. The van der Waals surface area contributed by atoms with E-state index in [0.29, 0.717) is 0 Å². The molecule has 2 rings (SSSR count). The summed E-state index contributed by atoms with van der Waals surface area (Å²) < 4.78 is 5.61. The van der Waals surface area contributed by atoms with Crippen LogP contribution in [0.15, 0.2) is 0 Å². The van der Waals surface area contributed by atoms with Gasteiger partial charge < -0.3 is 10.1 Å². The van der Waals surface area contributed by atoms with Gasteiger partial charge in [0.05, 0.1) is 0 Å². The Morgan fingerprint density at radius 3 is 2.53 bits per heavy atom. The summed E-state index contributed by atoms with van der Waals surface area (Å²) in [5.41, 5.74) is 0. The third-order valence-corrected chi connectivity index (χ3v) is 3.55. The van der Waals surface area contributed by atoms with E-state index in [0.717, 1.165) is 31.7 Å². The quantitative estimate of drug-likeness (QED) is 0.654. The zero-order valence-corrected chi connectivity index (χ0v) is 9.84. The van der Waals surface area contributed by atoms with Gasteiger partial charge >= 0.3 is 0 Å². The maximum Gasteiger partial charge on any atom is 0.0494 e. The topological polar surface area (TPSA) is 21.3 Å². The Morgan fingerprint density at radius 2 is 1.80 bits per heavy atom. The largest absolute Gasteiger partial charge is 0.381 e. The molecule has 0 aromatic rings. The van der Waals surface area contributed by atoms with Gasteiger partial charge in [0.25, 0.3) is 0 Å². The molecule has 0 unspecified atom stereocenters. The highest BCUT2D eigenvalue weighted by Crippen LogP contribution is 2.28. The number of ether oxygens (including phenoxy) is 1. The average molecular weight is 211 g/mol. The average Bonchev–Trinajstić information content (AvgIpc) is 3.09. The van der Waals surface area contributed by atoms with Crippen LogP contribution in [-0.4, -0.2) is 25.8 Å². The molecule has 15 heavy (non-hydrogen) atoms. The normalized spacial score (nSPS) is 23.2. The van der Waals surface area contributed by atoms with Crippen molar-refractivity contribution < 1.29 is 4.74 Å².